The first-order chi connectivity index (χ1) is 3.18. The normalized spacial score (nSPS) is 15.0. The molecule has 0 heterocycles. The zero-order valence-electron chi connectivity index (χ0n) is 4.89. The fourth-order valence-corrected chi connectivity index (χ4v) is 0.272. The maximum Gasteiger partial charge on any atom is 0.0163 e. The standard InChI is InChI=1S/C5H13NS/c1-4(2)5(7)3-6/h4-5,7H,3,6H2,1-2H3. The summed E-state index contributed by atoms with van der Waals surface area (Å²) in [6.07, 6.45) is 0. The van der Waals surface area contributed by atoms with Crippen LogP contribution in [0.25, 0.3) is 0 Å². The van der Waals surface area contributed by atoms with E-state index >= 15 is 0 Å². The van der Waals surface area contributed by atoms with Crippen molar-refractivity contribution in [1.82, 2.24) is 0 Å². The molecule has 7 heavy (non-hydrogen) atoms. The summed E-state index contributed by atoms with van der Waals surface area (Å²) in [4.78, 5) is 0. The predicted molar refractivity (Wildman–Crippen MR) is 36.7 cm³/mol. The van der Waals surface area contributed by atoms with Crippen LogP contribution in [0.4, 0.5) is 0 Å². The first-order valence-corrected chi connectivity index (χ1v) is 3.08. The highest BCUT2D eigenvalue weighted by atomic mass is 32.1. The minimum atomic E-state index is 0.375. The Balaban J connectivity index is 3.14. The molecule has 0 radical (unpaired) electrons. The zero-order valence-corrected chi connectivity index (χ0v) is 5.78. The average molecular weight is 119 g/mol. The highest BCUT2D eigenvalue weighted by Crippen LogP contribution is 2.05. The summed E-state index contributed by atoms with van der Waals surface area (Å²) in [5.74, 6) is 0.605. The largest absolute Gasteiger partial charge is 0.329 e. The van der Waals surface area contributed by atoms with Crippen LogP contribution in [0.2, 0.25) is 0 Å². The minimum Gasteiger partial charge on any atom is -0.329 e. The average Bonchev–Trinajstić information content (AvgIpc) is 1.65. The molecule has 0 aliphatic carbocycles. The molecule has 0 aromatic heterocycles. The van der Waals surface area contributed by atoms with Crippen molar-refractivity contribution in [3.05, 3.63) is 0 Å². The number of hydrogen-bond donors (Lipinski definition) is 2. The van der Waals surface area contributed by atoms with E-state index in [-0.39, 0.29) is 0 Å². The third-order valence-electron chi connectivity index (χ3n) is 1.01. The predicted octanol–water partition coefficient (Wildman–Crippen LogP) is 0.900. The Labute approximate surface area is 50.7 Å². The van der Waals surface area contributed by atoms with Crippen molar-refractivity contribution in [2.24, 2.45) is 11.7 Å². The van der Waals surface area contributed by atoms with Crippen LogP contribution in [-0.2, 0) is 0 Å². The first-order valence-electron chi connectivity index (χ1n) is 2.56. The van der Waals surface area contributed by atoms with Gasteiger partial charge in [0.15, 0.2) is 0 Å². The van der Waals surface area contributed by atoms with Gasteiger partial charge in [-0.1, -0.05) is 13.8 Å². The second kappa shape index (κ2) is 3.33. The number of nitrogens with two attached hydrogens (primary N) is 1. The molecule has 44 valence electrons. The molecule has 0 fully saturated rings. The SMILES string of the molecule is CC(C)C(S)CN. The van der Waals surface area contributed by atoms with Crippen molar-refractivity contribution in [2.45, 2.75) is 19.1 Å². The van der Waals surface area contributed by atoms with E-state index in [1.165, 1.54) is 0 Å². The number of hydrogen-bond acceptors (Lipinski definition) is 2. The summed E-state index contributed by atoms with van der Waals surface area (Å²) in [5, 5.41) is 0.375. The van der Waals surface area contributed by atoms with Crippen molar-refractivity contribution >= 4 is 12.6 Å². The third kappa shape index (κ3) is 2.94. The van der Waals surface area contributed by atoms with Crippen molar-refractivity contribution in [3.63, 3.8) is 0 Å². The van der Waals surface area contributed by atoms with Gasteiger partial charge in [0.2, 0.25) is 0 Å². The van der Waals surface area contributed by atoms with Crippen molar-refractivity contribution < 1.29 is 0 Å². The van der Waals surface area contributed by atoms with E-state index in [4.69, 9.17) is 5.73 Å². The molecule has 0 aliphatic rings. The highest BCUT2D eigenvalue weighted by molar-refractivity contribution is 7.81. The monoisotopic (exact) mass is 119 g/mol. The second-order valence-corrected chi connectivity index (χ2v) is 2.71. The molecule has 0 amide bonds. The number of rotatable bonds is 2. The van der Waals surface area contributed by atoms with Gasteiger partial charge in [-0.2, -0.15) is 12.6 Å². The number of thiol groups is 1. The molecule has 1 unspecified atom stereocenters. The molecule has 1 nitrogen and oxygen atoms in total. The summed E-state index contributed by atoms with van der Waals surface area (Å²) in [5.41, 5.74) is 5.30. The van der Waals surface area contributed by atoms with Crippen LogP contribution < -0.4 is 5.73 Å². The van der Waals surface area contributed by atoms with Crippen LogP contribution in [0, 0.1) is 5.92 Å². The van der Waals surface area contributed by atoms with Crippen LogP contribution in [0.1, 0.15) is 13.8 Å². The maximum absolute atomic E-state index is 5.30. The topological polar surface area (TPSA) is 26.0 Å². The van der Waals surface area contributed by atoms with Crippen LogP contribution in [-0.4, -0.2) is 11.8 Å². The molecule has 2 N–H and O–H groups in total. The van der Waals surface area contributed by atoms with E-state index in [1.54, 1.807) is 0 Å². The lowest BCUT2D eigenvalue weighted by Gasteiger charge is -2.09. The Hall–Kier alpha value is 0.310. The summed E-state index contributed by atoms with van der Waals surface area (Å²) >= 11 is 4.20. The lowest BCUT2D eigenvalue weighted by molar-refractivity contribution is 0.616. The molecule has 0 saturated heterocycles. The Morgan fingerprint density at radius 1 is 1.57 bits per heavy atom. The quantitative estimate of drug-likeness (QED) is 0.519. The molecule has 0 aliphatic heterocycles. The van der Waals surface area contributed by atoms with Gasteiger partial charge in [0.25, 0.3) is 0 Å². The van der Waals surface area contributed by atoms with Crippen molar-refractivity contribution in [1.29, 1.82) is 0 Å². The van der Waals surface area contributed by atoms with E-state index in [1.807, 2.05) is 0 Å². The molecule has 0 rings (SSSR count). The van der Waals surface area contributed by atoms with E-state index in [0.717, 1.165) is 0 Å². The Morgan fingerprint density at radius 2 is 2.00 bits per heavy atom. The maximum atomic E-state index is 5.30. The summed E-state index contributed by atoms with van der Waals surface area (Å²) in [6, 6.07) is 0. The van der Waals surface area contributed by atoms with Crippen LogP contribution >= 0.6 is 12.6 Å². The van der Waals surface area contributed by atoms with Gasteiger partial charge >= 0.3 is 0 Å². The molecule has 0 aromatic carbocycles. The summed E-state index contributed by atoms with van der Waals surface area (Å²) < 4.78 is 0. The molecule has 2 heteroatoms. The fraction of sp³-hybridized carbons (Fsp3) is 1.00. The fourth-order valence-electron chi connectivity index (χ4n) is 0.272. The van der Waals surface area contributed by atoms with Crippen molar-refractivity contribution in [3.8, 4) is 0 Å². The van der Waals surface area contributed by atoms with Crippen LogP contribution in [0.3, 0.4) is 0 Å². The molecule has 0 saturated carbocycles. The Bertz CT molecular complexity index is 45.3. The minimum absolute atomic E-state index is 0.375. The van der Waals surface area contributed by atoms with Gasteiger partial charge < -0.3 is 5.73 Å². The lowest BCUT2D eigenvalue weighted by Crippen LogP contribution is -2.19. The van der Waals surface area contributed by atoms with Gasteiger partial charge in [0.1, 0.15) is 0 Å². The van der Waals surface area contributed by atoms with E-state index in [0.29, 0.717) is 17.7 Å². The Morgan fingerprint density at radius 3 is 2.00 bits per heavy atom. The highest BCUT2D eigenvalue weighted by Gasteiger charge is 2.02. The molecular weight excluding hydrogens is 106 g/mol. The molecule has 0 spiro atoms. The van der Waals surface area contributed by atoms with Gasteiger partial charge in [-0.05, 0) is 5.92 Å². The van der Waals surface area contributed by atoms with Gasteiger partial charge in [0.05, 0.1) is 0 Å². The van der Waals surface area contributed by atoms with Crippen LogP contribution in [0.5, 0.6) is 0 Å². The van der Waals surface area contributed by atoms with E-state index in [9.17, 15) is 0 Å². The second-order valence-electron chi connectivity index (χ2n) is 2.05. The van der Waals surface area contributed by atoms with Gasteiger partial charge in [-0.15, -0.1) is 0 Å². The summed E-state index contributed by atoms with van der Waals surface area (Å²) in [6.45, 7) is 4.91. The van der Waals surface area contributed by atoms with Gasteiger partial charge in [-0.3, -0.25) is 0 Å². The molecule has 1 atom stereocenters. The molecular formula is C5H13NS. The van der Waals surface area contributed by atoms with E-state index in [2.05, 4.69) is 26.5 Å². The van der Waals surface area contributed by atoms with Gasteiger partial charge in [0, 0.05) is 11.8 Å². The zero-order chi connectivity index (χ0) is 5.86. The lowest BCUT2D eigenvalue weighted by atomic mass is 10.1. The smallest absolute Gasteiger partial charge is 0.0163 e. The first kappa shape index (κ1) is 7.31. The third-order valence-corrected chi connectivity index (χ3v) is 1.82. The summed E-state index contributed by atoms with van der Waals surface area (Å²) in [7, 11) is 0. The van der Waals surface area contributed by atoms with Crippen molar-refractivity contribution in [2.75, 3.05) is 6.54 Å². The van der Waals surface area contributed by atoms with E-state index < -0.39 is 0 Å². The van der Waals surface area contributed by atoms with Gasteiger partial charge in [-0.25, -0.2) is 0 Å². The van der Waals surface area contributed by atoms with Crippen LogP contribution in [0.15, 0.2) is 0 Å². The molecule has 0 aromatic rings. The molecule has 0 bridgehead atoms. The Kier molecular flexibility index (Phi) is 3.48.